The molecule has 0 aliphatic carbocycles. The lowest BCUT2D eigenvalue weighted by molar-refractivity contribution is -0.138. The summed E-state index contributed by atoms with van der Waals surface area (Å²) in [5, 5.41) is 1.74. The minimum absolute atomic E-state index is 0.0230. The Morgan fingerprint density at radius 3 is 2.50 bits per heavy atom. The lowest BCUT2D eigenvalue weighted by atomic mass is 9.93. The first-order valence-corrected chi connectivity index (χ1v) is 12.5. The average Bonchev–Trinajstić information content (AvgIpc) is 3.28. The summed E-state index contributed by atoms with van der Waals surface area (Å²) in [4.78, 5) is 35.0. The Kier molecular flexibility index (Phi) is 6.15. The molecule has 2 fully saturated rings. The number of nitrogens with zero attached hydrogens (tertiary/aromatic N) is 3. The molecule has 7 heteroatoms. The molecule has 0 N–H and O–H groups in total. The van der Waals surface area contributed by atoms with Gasteiger partial charge in [0, 0.05) is 42.7 Å². The number of halogens is 1. The Hall–Kier alpha value is -2.44. The van der Waals surface area contributed by atoms with Crippen LogP contribution in [-0.2, 0) is 4.79 Å². The molecule has 3 aromatic rings. The number of carbonyl (C=O) groups excluding carboxylic acids is 2. The smallest absolute Gasteiger partial charge is 0.253 e. The number of amides is 2. The van der Waals surface area contributed by atoms with E-state index in [1.54, 1.807) is 35.6 Å². The highest BCUT2D eigenvalue weighted by Gasteiger charge is 2.34. The van der Waals surface area contributed by atoms with Gasteiger partial charge in [-0.25, -0.2) is 4.98 Å². The largest absolute Gasteiger partial charge is 0.342 e. The van der Waals surface area contributed by atoms with Crippen LogP contribution in [0.15, 0.2) is 48.5 Å². The van der Waals surface area contributed by atoms with E-state index in [4.69, 9.17) is 16.6 Å². The Morgan fingerprint density at radius 1 is 0.938 bits per heavy atom. The van der Waals surface area contributed by atoms with Crippen molar-refractivity contribution in [1.82, 2.24) is 14.8 Å². The Labute approximate surface area is 197 Å². The van der Waals surface area contributed by atoms with Crippen LogP contribution in [0.2, 0.25) is 5.02 Å². The van der Waals surface area contributed by atoms with Crippen LogP contribution in [0.5, 0.6) is 0 Å². The van der Waals surface area contributed by atoms with Crippen molar-refractivity contribution in [3.63, 3.8) is 0 Å². The molecule has 2 amide bonds. The summed E-state index contributed by atoms with van der Waals surface area (Å²) >= 11 is 7.70. The van der Waals surface area contributed by atoms with E-state index >= 15 is 0 Å². The second-order valence-corrected chi connectivity index (χ2v) is 10.2. The lowest BCUT2D eigenvalue weighted by Crippen LogP contribution is -2.48. The molecular weight excluding hydrogens is 442 g/mol. The molecule has 2 aromatic carbocycles. The summed E-state index contributed by atoms with van der Waals surface area (Å²) in [7, 11) is 0. The van der Waals surface area contributed by atoms with Gasteiger partial charge in [0.2, 0.25) is 5.91 Å². The van der Waals surface area contributed by atoms with Crippen molar-refractivity contribution in [1.29, 1.82) is 0 Å². The number of thiazole rings is 1. The molecule has 0 spiro atoms. The third-order valence-corrected chi connectivity index (χ3v) is 7.99. The molecule has 0 unspecified atom stereocenters. The standard InChI is InChI=1S/C25H26ClN3O2S/c26-20-11-9-17(10-12-20)24(30)29-14-4-6-19(16-29)25(31)28-13-3-5-18(15-28)23-27-21-7-1-2-8-22(21)32-23/h1-2,7-12,18-19H,3-6,13-16H2/t18-,19+/m0/s1. The first kappa shape index (κ1) is 21.4. The van der Waals surface area contributed by atoms with Gasteiger partial charge in [-0.15, -0.1) is 11.3 Å². The number of benzene rings is 2. The molecule has 0 radical (unpaired) electrons. The van der Waals surface area contributed by atoms with Crippen LogP contribution in [0.25, 0.3) is 10.2 Å². The number of carbonyl (C=O) groups is 2. The first-order chi connectivity index (χ1) is 15.6. The molecule has 2 saturated heterocycles. The zero-order chi connectivity index (χ0) is 22.1. The van der Waals surface area contributed by atoms with Gasteiger partial charge in [0.15, 0.2) is 0 Å². The van der Waals surface area contributed by atoms with E-state index in [0.29, 0.717) is 29.6 Å². The van der Waals surface area contributed by atoms with E-state index in [0.717, 1.165) is 49.3 Å². The Morgan fingerprint density at radius 2 is 1.69 bits per heavy atom. The van der Waals surface area contributed by atoms with Crippen molar-refractivity contribution in [2.75, 3.05) is 26.2 Å². The molecule has 5 nitrogen and oxygen atoms in total. The zero-order valence-electron chi connectivity index (χ0n) is 17.9. The number of rotatable bonds is 3. The minimum Gasteiger partial charge on any atom is -0.342 e. The maximum Gasteiger partial charge on any atom is 0.253 e. The number of piperidine rings is 2. The monoisotopic (exact) mass is 467 g/mol. The number of aromatic nitrogens is 1. The van der Waals surface area contributed by atoms with Gasteiger partial charge in [0.05, 0.1) is 21.1 Å². The van der Waals surface area contributed by atoms with Crippen molar-refractivity contribution < 1.29 is 9.59 Å². The quantitative estimate of drug-likeness (QED) is 0.531. The maximum atomic E-state index is 13.4. The van der Waals surface area contributed by atoms with Gasteiger partial charge < -0.3 is 9.80 Å². The molecule has 2 aliphatic rings. The van der Waals surface area contributed by atoms with E-state index in [1.807, 2.05) is 21.9 Å². The summed E-state index contributed by atoms with van der Waals surface area (Å²) in [5.41, 5.74) is 1.66. The van der Waals surface area contributed by atoms with Crippen LogP contribution in [0.3, 0.4) is 0 Å². The van der Waals surface area contributed by atoms with Gasteiger partial charge in [-0.2, -0.15) is 0 Å². The fourth-order valence-electron chi connectivity index (χ4n) is 4.84. The zero-order valence-corrected chi connectivity index (χ0v) is 19.4. The fraction of sp³-hybridized carbons (Fsp3) is 0.400. The highest BCUT2D eigenvalue weighted by Crippen LogP contribution is 2.34. The second-order valence-electron chi connectivity index (χ2n) is 8.74. The lowest BCUT2D eigenvalue weighted by Gasteiger charge is -2.38. The van der Waals surface area contributed by atoms with Crippen LogP contribution in [0, 0.1) is 5.92 Å². The molecule has 32 heavy (non-hydrogen) atoms. The van der Waals surface area contributed by atoms with E-state index in [2.05, 4.69) is 12.1 Å². The molecule has 166 valence electrons. The normalized spacial score (nSPS) is 21.7. The van der Waals surface area contributed by atoms with E-state index in [1.165, 1.54) is 4.70 Å². The summed E-state index contributed by atoms with van der Waals surface area (Å²) in [5.74, 6) is 0.323. The van der Waals surface area contributed by atoms with Crippen molar-refractivity contribution in [2.45, 2.75) is 31.6 Å². The molecule has 2 atom stereocenters. The van der Waals surface area contributed by atoms with Gasteiger partial charge >= 0.3 is 0 Å². The molecule has 5 rings (SSSR count). The highest BCUT2D eigenvalue weighted by atomic mass is 35.5. The van der Waals surface area contributed by atoms with Crippen molar-refractivity contribution >= 4 is 45.0 Å². The number of likely N-dealkylation sites (tertiary alicyclic amines) is 2. The van der Waals surface area contributed by atoms with E-state index in [9.17, 15) is 9.59 Å². The van der Waals surface area contributed by atoms with Crippen LogP contribution in [-0.4, -0.2) is 52.8 Å². The first-order valence-electron chi connectivity index (χ1n) is 11.3. The predicted octanol–water partition coefficient (Wildman–Crippen LogP) is 5.21. The van der Waals surface area contributed by atoms with Crippen molar-refractivity contribution in [2.24, 2.45) is 5.92 Å². The summed E-state index contributed by atoms with van der Waals surface area (Å²) in [6, 6.07) is 15.2. The van der Waals surface area contributed by atoms with Crippen molar-refractivity contribution in [3.05, 3.63) is 64.1 Å². The molecule has 0 saturated carbocycles. The van der Waals surface area contributed by atoms with E-state index < -0.39 is 0 Å². The maximum absolute atomic E-state index is 13.4. The third kappa shape index (κ3) is 4.39. The SMILES string of the molecule is O=C(c1ccc(Cl)cc1)N1CCC[C@@H](C(=O)N2CCC[C@H](c3nc4ccccc4s3)C2)C1. The second kappa shape index (κ2) is 9.20. The Bertz CT molecular complexity index is 1100. The summed E-state index contributed by atoms with van der Waals surface area (Å²) in [6.45, 7) is 2.70. The molecular formula is C25H26ClN3O2S. The van der Waals surface area contributed by atoms with Gasteiger partial charge in [-0.1, -0.05) is 23.7 Å². The van der Waals surface area contributed by atoms with Crippen LogP contribution in [0.4, 0.5) is 0 Å². The minimum atomic E-state index is -0.130. The number of fused-ring (bicyclic) bond motifs is 1. The third-order valence-electron chi connectivity index (χ3n) is 6.54. The van der Waals surface area contributed by atoms with Gasteiger partial charge in [0.1, 0.15) is 0 Å². The van der Waals surface area contributed by atoms with Crippen molar-refractivity contribution in [3.8, 4) is 0 Å². The van der Waals surface area contributed by atoms with Crippen LogP contribution < -0.4 is 0 Å². The predicted molar refractivity (Wildman–Crippen MR) is 128 cm³/mol. The Balaban J connectivity index is 1.25. The van der Waals surface area contributed by atoms with Gasteiger partial charge in [-0.05, 0) is 62.1 Å². The van der Waals surface area contributed by atoms with Crippen LogP contribution in [0.1, 0.15) is 47.0 Å². The van der Waals surface area contributed by atoms with Crippen LogP contribution >= 0.6 is 22.9 Å². The molecule has 1 aromatic heterocycles. The summed E-state index contributed by atoms with van der Waals surface area (Å²) in [6.07, 6.45) is 3.75. The number of hydrogen-bond donors (Lipinski definition) is 0. The molecule has 3 heterocycles. The van der Waals surface area contributed by atoms with Gasteiger partial charge in [-0.3, -0.25) is 9.59 Å². The highest BCUT2D eigenvalue weighted by molar-refractivity contribution is 7.18. The van der Waals surface area contributed by atoms with E-state index in [-0.39, 0.29) is 17.7 Å². The van der Waals surface area contributed by atoms with Gasteiger partial charge in [0.25, 0.3) is 5.91 Å². The fourth-order valence-corrected chi connectivity index (χ4v) is 6.06. The number of hydrogen-bond acceptors (Lipinski definition) is 4. The number of para-hydroxylation sites is 1. The summed E-state index contributed by atoms with van der Waals surface area (Å²) < 4.78 is 1.20. The average molecular weight is 468 g/mol. The topological polar surface area (TPSA) is 53.5 Å². The molecule has 0 bridgehead atoms. The molecule has 2 aliphatic heterocycles.